The molecule has 2 fully saturated rings. The van der Waals surface area contributed by atoms with E-state index in [9.17, 15) is 0 Å². The first-order valence-corrected chi connectivity index (χ1v) is 11.0. The second-order valence-electron chi connectivity index (χ2n) is 8.63. The molecule has 1 heterocycles. The maximum absolute atomic E-state index is 2.68. The average molecular weight is 419 g/mol. The van der Waals surface area contributed by atoms with Gasteiger partial charge in [0.15, 0.2) is 0 Å². The topological polar surface area (TPSA) is 6.48 Å². The molecule has 1 aliphatic heterocycles. The number of aryl methyl sites for hydroxylation is 2. The number of likely N-dealkylation sites (N-methyl/N-ethyl adjacent to an activating group) is 2. The van der Waals surface area contributed by atoms with Crippen molar-refractivity contribution >= 4 is 0 Å². The van der Waals surface area contributed by atoms with Gasteiger partial charge in [-0.05, 0) is 53.6 Å². The highest BCUT2D eigenvalue weighted by atomic mass is 15.2. The fourth-order valence-electron chi connectivity index (χ4n) is 2.97. The van der Waals surface area contributed by atoms with Crippen LogP contribution in [0.4, 0.5) is 0 Å². The van der Waals surface area contributed by atoms with Crippen molar-refractivity contribution in [3.63, 3.8) is 0 Å². The summed E-state index contributed by atoms with van der Waals surface area (Å²) >= 11 is 0. The van der Waals surface area contributed by atoms with Gasteiger partial charge in [0.25, 0.3) is 0 Å². The summed E-state index contributed by atoms with van der Waals surface area (Å²) in [5.74, 6) is 7.40. The van der Waals surface area contributed by atoms with Crippen LogP contribution in [0.25, 0.3) is 0 Å². The first kappa shape index (κ1) is 33.3. The highest BCUT2D eigenvalue weighted by Crippen LogP contribution is 2.27. The summed E-state index contributed by atoms with van der Waals surface area (Å²) < 4.78 is 0. The van der Waals surface area contributed by atoms with Gasteiger partial charge in [-0.2, -0.15) is 0 Å². The van der Waals surface area contributed by atoms with E-state index in [2.05, 4.69) is 87.7 Å². The summed E-state index contributed by atoms with van der Waals surface area (Å²) in [5, 5.41) is 0. The average Bonchev–Trinajstić information content (AvgIpc) is 2.70. The number of hydrogen-bond donors (Lipinski definition) is 0. The predicted molar refractivity (Wildman–Crippen MR) is 140 cm³/mol. The van der Waals surface area contributed by atoms with E-state index in [-0.39, 0.29) is 14.9 Å². The van der Waals surface area contributed by atoms with Crippen molar-refractivity contribution in [1.29, 1.82) is 0 Å². The molecule has 0 spiro atoms. The fourth-order valence-corrected chi connectivity index (χ4v) is 2.97. The first-order chi connectivity index (χ1) is 13.3. The zero-order chi connectivity index (χ0) is 21.4. The molecule has 3 rings (SSSR count). The Morgan fingerprint density at radius 3 is 1.07 bits per heavy atom. The van der Waals surface area contributed by atoms with Crippen molar-refractivity contribution in [1.82, 2.24) is 9.80 Å². The highest BCUT2D eigenvalue weighted by Gasteiger charge is 2.13. The number of hydrogen-bond acceptors (Lipinski definition) is 2. The minimum atomic E-state index is 0. The van der Waals surface area contributed by atoms with Gasteiger partial charge in [-0.3, -0.25) is 0 Å². The summed E-state index contributed by atoms with van der Waals surface area (Å²) in [7, 11) is 4.35. The molecule has 0 aromatic heterocycles. The third-order valence-corrected chi connectivity index (χ3v) is 5.50. The summed E-state index contributed by atoms with van der Waals surface area (Å²) in [6, 6.07) is 8.48. The molecule has 0 bridgehead atoms. The Kier molecular flexibility index (Phi) is 23.3. The predicted octanol–water partition coefficient (Wildman–Crippen LogP) is 7.30. The lowest BCUT2D eigenvalue weighted by molar-refractivity contribution is 0.181. The molecule has 0 radical (unpaired) electrons. The second-order valence-corrected chi connectivity index (χ2v) is 8.63. The molecule has 1 aromatic carbocycles. The SMILES string of the molecule is C.C.CC#CC.CC1CCC(C)CC1.CN1CCN(C)CC1.Cc1ccc(C)cc1. The quantitative estimate of drug-likeness (QED) is 0.408. The van der Waals surface area contributed by atoms with Crippen molar-refractivity contribution in [2.45, 2.75) is 82.1 Å². The number of rotatable bonds is 0. The van der Waals surface area contributed by atoms with Crippen LogP contribution >= 0.6 is 0 Å². The molecule has 2 aliphatic rings. The molecule has 0 atom stereocenters. The van der Waals surface area contributed by atoms with Crippen LogP contribution in [-0.2, 0) is 0 Å². The van der Waals surface area contributed by atoms with E-state index in [0.717, 1.165) is 11.8 Å². The lowest BCUT2D eigenvalue weighted by Crippen LogP contribution is -2.42. The third kappa shape index (κ3) is 20.0. The molecule has 0 amide bonds. The molecule has 2 nitrogen and oxygen atoms in total. The van der Waals surface area contributed by atoms with Gasteiger partial charge in [0, 0.05) is 26.2 Å². The second kappa shape index (κ2) is 21.0. The summed E-state index contributed by atoms with van der Waals surface area (Å²) in [6.45, 7) is 17.5. The van der Waals surface area contributed by atoms with Gasteiger partial charge < -0.3 is 9.80 Å². The number of piperazine rings is 1. The zero-order valence-electron chi connectivity index (χ0n) is 20.0. The molecule has 0 unspecified atom stereocenters. The maximum atomic E-state index is 2.68. The Labute approximate surface area is 191 Å². The molecule has 1 saturated carbocycles. The normalized spacial score (nSPS) is 20.5. The van der Waals surface area contributed by atoms with Crippen LogP contribution in [0.3, 0.4) is 0 Å². The number of nitrogens with zero attached hydrogens (tertiary/aromatic N) is 2. The molecule has 0 N–H and O–H groups in total. The molecule has 30 heavy (non-hydrogen) atoms. The molecule has 1 saturated heterocycles. The van der Waals surface area contributed by atoms with E-state index in [1.54, 1.807) is 0 Å². The molecular formula is C28H54N2. The van der Waals surface area contributed by atoms with E-state index < -0.39 is 0 Å². The van der Waals surface area contributed by atoms with Crippen molar-refractivity contribution in [2.75, 3.05) is 40.3 Å². The van der Waals surface area contributed by atoms with Crippen LogP contribution in [0.5, 0.6) is 0 Å². The van der Waals surface area contributed by atoms with Crippen LogP contribution in [-0.4, -0.2) is 50.1 Å². The van der Waals surface area contributed by atoms with E-state index in [4.69, 9.17) is 0 Å². The number of benzene rings is 1. The first-order valence-electron chi connectivity index (χ1n) is 11.0. The Hall–Kier alpha value is -1.30. The Morgan fingerprint density at radius 1 is 0.633 bits per heavy atom. The van der Waals surface area contributed by atoms with Crippen molar-refractivity contribution in [3.05, 3.63) is 35.4 Å². The Bertz CT molecular complexity index is 455. The van der Waals surface area contributed by atoms with Crippen LogP contribution in [0.2, 0.25) is 0 Å². The van der Waals surface area contributed by atoms with Crippen molar-refractivity contribution in [2.24, 2.45) is 11.8 Å². The maximum Gasteiger partial charge on any atom is 0.0107 e. The lowest BCUT2D eigenvalue weighted by atomic mass is 9.84. The van der Waals surface area contributed by atoms with Gasteiger partial charge in [0.2, 0.25) is 0 Å². The van der Waals surface area contributed by atoms with Crippen LogP contribution < -0.4 is 0 Å². The van der Waals surface area contributed by atoms with Gasteiger partial charge >= 0.3 is 0 Å². The molecule has 1 aliphatic carbocycles. The van der Waals surface area contributed by atoms with Gasteiger partial charge in [-0.15, -0.1) is 11.8 Å². The van der Waals surface area contributed by atoms with Crippen molar-refractivity contribution in [3.8, 4) is 11.8 Å². The summed E-state index contributed by atoms with van der Waals surface area (Å²) in [5.41, 5.74) is 2.66. The largest absolute Gasteiger partial charge is 0.304 e. The lowest BCUT2D eigenvalue weighted by Gasteiger charge is -2.28. The zero-order valence-corrected chi connectivity index (χ0v) is 20.0. The third-order valence-electron chi connectivity index (χ3n) is 5.50. The smallest absolute Gasteiger partial charge is 0.0107 e. The van der Waals surface area contributed by atoms with Gasteiger partial charge in [0.1, 0.15) is 0 Å². The van der Waals surface area contributed by atoms with Gasteiger partial charge in [-0.25, -0.2) is 0 Å². The minimum Gasteiger partial charge on any atom is -0.304 e. The molecule has 176 valence electrons. The monoisotopic (exact) mass is 418 g/mol. The molecule has 2 heteroatoms. The summed E-state index contributed by atoms with van der Waals surface area (Å²) in [4.78, 5) is 4.72. The minimum absolute atomic E-state index is 0. The Morgan fingerprint density at radius 2 is 0.867 bits per heavy atom. The van der Waals surface area contributed by atoms with E-state index in [1.807, 2.05) is 13.8 Å². The van der Waals surface area contributed by atoms with E-state index in [0.29, 0.717) is 0 Å². The molecule has 1 aromatic rings. The van der Waals surface area contributed by atoms with Crippen molar-refractivity contribution < 1.29 is 0 Å². The highest BCUT2D eigenvalue weighted by molar-refractivity contribution is 5.19. The van der Waals surface area contributed by atoms with Gasteiger partial charge in [-0.1, -0.05) is 89.8 Å². The van der Waals surface area contributed by atoms with Crippen LogP contribution in [0, 0.1) is 37.5 Å². The van der Waals surface area contributed by atoms with Gasteiger partial charge in [0.05, 0.1) is 0 Å². The van der Waals surface area contributed by atoms with Crippen LogP contribution in [0.1, 0.15) is 79.4 Å². The summed E-state index contributed by atoms with van der Waals surface area (Å²) in [6.07, 6.45) is 5.89. The fraction of sp³-hybridized carbons (Fsp3) is 0.714. The van der Waals surface area contributed by atoms with E-state index in [1.165, 1.54) is 63.0 Å². The standard InChI is InChI=1S/C8H16.C8H10.C6H14N2.C4H6.2CH4/c3*1-7-3-5-8(2)6-4-7;1-3-4-2;;/h7-8H,3-6H2,1-2H3;3-6H,1-2H3;3-6H2,1-2H3;1-2H3;2*1H4. The van der Waals surface area contributed by atoms with Crippen LogP contribution in [0.15, 0.2) is 24.3 Å². The molecular weight excluding hydrogens is 364 g/mol. The van der Waals surface area contributed by atoms with E-state index >= 15 is 0 Å². The Balaban J connectivity index is -0.000000326.